The number of benzene rings is 1. The first-order valence-electron chi connectivity index (χ1n) is 5.98. The molecule has 1 aromatic rings. The van der Waals surface area contributed by atoms with E-state index in [0.717, 1.165) is 12.0 Å². The van der Waals surface area contributed by atoms with Crippen LogP contribution in [0.1, 0.15) is 30.9 Å². The second-order valence-corrected chi connectivity index (χ2v) is 4.77. The van der Waals surface area contributed by atoms with Gasteiger partial charge in [-0.2, -0.15) is 0 Å². The van der Waals surface area contributed by atoms with Crippen molar-refractivity contribution >= 4 is 5.78 Å². The quantitative estimate of drug-likeness (QED) is 0.785. The molecule has 0 radical (unpaired) electrons. The Morgan fingerprint density at radius 1 is 1.24 bits per heavy atom. The molecule has 0 unspecified atom stereocenters. The number of rotatable bonds is 4. The molecule has 0 spiro atoms. The highest BCUT2D eigenvalue weighted by molar-refractivity contribution is 5.84. The van der Waals surface area contributed by atoms with E-state index in [0.29, 0.717) is 0 Å². The molecule has 0 heterocycles. The van der Waals surface area contributed by atoms with Gasteiger partial charge >= 0.3 is 0 Å². The summed E-state index contributed by atoms with van der Waals surface area (Å²) < 4.78 is 25.3. The van der Waals surface area contributed by atoms with Crippen LogP contribution in [0.2, 0.25) is 0 Å². The Hall–Kier alpha value is -1.25. The Bertz CT molecular complexity index is 401. The molecule has 17 heavy (non-hydrogen) atoms. The number of halogens is 2. The van der Waals surface area contributed by atoms with E-state index in [-0.39, 0.29) is 25.0 Å². The van der Waals surface area contributed by atoms with Crippen molar-refractivity contribution < 1.29 is 13.6 Å². The Morgan fingerprint density at radius 3 is 2.24 bits per heavy atom. The third kappa shape index (κ3) is 2.90. The van der Waals surface area contributed by atoms with Crippen LogP contribution >= 0.6 is 0 Å². The lowest BCUT2D eigenvalue weighted by atomic mass is 9.77. The summed E-state index contributed by atoms with van der Waals surface area (Å²) in [6, 6.07) is 7.79. The Balaban J connectivity index is 1.90. The van der Waals surface area contributed by atoms with E-state index in [1.54, 1.807) is 0 Å². The number of hydrogen-bond donors (Lipinski definition) is 0. The molecule has 1 nitrogen and oxygen atoms in total. The Labute approximate surface area is 99.8 Å². The molecule has 0 saturated heterocycles. The van der Waals surface area contributed by atoms with Crippen LogP contribution in [0.15, 0.2) is 24.3 Å². The van der Waals surface area contributed by atoms with Gasteiger partial charge in [0.2, 0.25) is 5.92 Å². The second-order valence-electron chi connectivity index (χ2n) is 4.77. The molecule has 0 bridgehead atoms. The van der Waals surface area contributed by atoms with Gasteiger partial charge in [-0.05, 0) is 17.5 Å². The van der Waals surface area contributed by atoms with E-state index in [4.69, 9.17) is 0 Å². The summed E-state index contributed by atoms with van der Waals surface area (Å²) in [4.78, 5) is 11.7. The summed E-state index contributed by atoms with van der Waals surface area (Å²) in [5, 5.41) is 0. The zero-order valence-corrected chi connectivity index (χ0v) is 9.88. The third-order valence-electron chi connectivity index (χ3n) is 3.35. The molecule has 1 aliphatic rings. The number of alkyl halides is 2. The lowest BCUT2D eigenvalue weighted by molar-refractivity contribution is -0.147. The highest BCUT2D eigenvalue weighted by Crippen LogP contribution is 2.43. The Kier molecular flexibility index (Phi) is 3.27. The fraction of sp³-hybridized carbons (Fsp3) is 0.500. The van der Waals surface area contributed by atoms with Crippen molar-refractivity contribution in [2.45, 2.75) is 38.5 Å². The minimum absolute atomic E-state index is 0.0554. The van der Waals surface area contributed by atoms with E-state index in [9.17, 15) is 13.6 Å². The SMILES string of the molecule is CCc1ccc(CC(=O)C2CC(F)(F)C2)cc1. The average molecular weight is 238 g/mol. The van der Waals surface area contributed by atoms with Crippen LogP contribution in [0, 0.1) is 5.92 Å². The monoisotopic (exact) mass is 238 g/mol. The first kappa shape index (κ1) is 12.2. The van der Waals surface area contributed by atoms with Crippen molar-refractivity contribution in [1.29, 1.82) is 0 Å². The van der Waals surface area contributed by atoms with Crippen LogP contribution in [0.5, 0.6) is 0 Å². The van der Waals surface area contributed by atoms with Gasteiger partial charge in [-0.25, -0.2) is 8.78 Å². The molecular weight excluding hydrogens is 222 g/mol. The number of carbonyl (C=O) groups excluding carboxylic acids is 1. The van der Waals surface area contributed by atoms with Gasteiger partial charge in [0.25, 0.3) is 0 Å². The van der Waals surface area contributed by atoms with E-state index in [1.165, 1.54) is 5.56 Å². The molecule has 3 heteroatoms. The zero-order chi connectivity index (χ0) is 12.5. The molecule has 0 N–H and O–H groups in total. The number of ketones is 1. The molecule has 0 aliphatic heterocycles. The molecule has 0 aromatic heterocycles. The van der Waals surface area contributed by atoms with Crippen LogP contribution in [-0.2, 0) is 17.6 Å². The maximum absolute atomic E-state index is 12.6. The first-order chi connectivity index (χ1) is 8.00. The maximum Gasteiger partial charge on any atom is 0.249 e. The first-order valence-corrected chi connectivity index (χ1v) is 5.98. The van der Waals surface area contributed by atoms with Crippen molar-refractivity contribution in [2.24, 2.45) is 5.92 Å². The third-order valence-corrected chi connectivity index (χ3v) is 3.35. The van der Waals surface area contributed by atoms with E-state index >= 15 is 0 Å². The van der Waals surface area contributed by atoms with Gasteiger partial charge in [-0.3, -0.25) is 4.79 Å². The van der Waals surface area contributed by atoms with Crippen LogP contribution in [0.4, 0.5) is 8.78 Å². The van der Waals surface area contributed by atoms with Gasteiger partial charge in [-0.1, -0.05) is 31.2 Å². The van der Waals surface area contributed by atoms with E-state index in [1.807, 2.05) is 24.3 Å². The van der Waals surface area contributed by atoms with Crippen molar-refractivity contribution in [3.63, 3.8) is 0 Å². The van der Waals surface area contributed by atoms with Gasteiger partial charge < -0.3 is 0 Å². The highest BCUT2D eigenvalue weighted by Gasteiger charge is 2.48. The summed E-state index contributed by atoms with van der Waals surface area (Å²) in [6.45, 7) is 2.07. The minimum Gasteiger partial charge on any atom is -0.299 e. The highest BCUT2D eigenvalue weighted by atomic mass is 19.3. The molecule has 92 valence electrons. The molecule has 0 atom stereocenters. The van der Waals surface area contributed by atoms with Crippen LogP contribution in [0.3, 0.4) is 0 Å². The molecule has 1 aliphatic carbocycles. The molecule has 1 aromatic carbocycles. The van der Waals surface area contributed by atoms with E-state index < -0.39 is 11.8 Å². The van der Waals surface area contributed by atoms with Gasteiger partial charge in [0, 0.05) is 25.2 Å². The van der Waals surface area contributed by atoms with Gasteiger partial charge in [0.05, 0.1) is 0 Å². The maximum atomic E-state index is 12.6. The van der Waals surface area contributed by atoms with Crippen LogP contribution in [0.25, 0.3) is 0 Å². The van der Waals surface area contributed by atoms with Crippen molar-refractivity contribution in [2.75, 3.05) is 0 Å². The molecule has 1 saturated carbocycles. The largest absolute Gasteiger partial charge is 0.299 e. The number of hydrogen-bond acceptors (Lipinski definition) is 1. The summed E-state index contributed by atoms with van der Waals surface area (Å²) in [7, 11) is 0. The standard InChI is InChI=1S/C14H16F2O/c1-2-10-3-5-11(6-4-10)7-13(17)12-8-14(15,16)9-12/h3-6,12H,2,7-9H2,1H3. The zero-order valence-electron chi connectivity index (χ0n) is 9.88. The van der Waals surface area contributed by atoms with E-state index in [2.05, 4.69) is 6.92 Å². The fourth-order valence-corrected chi connectivity index (χ4v) is 2.13. The van der Waals surface area contributed by atoms with Crippen LogP contribution < -0.4 is 0 Å². The smallest absolute Gasteiger partial charge is 0.249 e. The number of aryl methyl sites for hydroxylation is 1. The molecule has 0 amide bonds. The van der Waals surface area contributed by atoms with Crippen molar-refractivity contribution in [1.82, 2.24) is 0 Å². The van der Waals surface area contributed by atoms with Crippen molar-refractivity contribution in [3.8, 4) is 0 Å². The number of Topliss-reactive ketones (excluding diaryl/α,β-unsaturated/α-hetero) is 1. The summed E-state index contributed by atoms with van der Waals surface area (Å²) in [6.07, 6.45) is 0.714. The van der Waals surface area contributed by atoms with Gasteiger partial charge in [0.15, 0.2) is 0 Å². The van der Waals surface area contributed by atoms with Gasteiger partial charge in [-0.15, -0.1) is 0 Å². The minimum atomic E-state index is -2.60. The fourth-order valence-electron chi connectivity index (χ4n) is 2.13. The molecular formula is C14H16F2O. The normalized spacial score (nSPS) is 18.8. The van der Waals surface area contributed by atoms with Crippen LogP contribution in [-0.4, -0.2) is 11.7 Å². The Morgan fingerprint density at radius 2 is 1.76 bits per heavy atom. The predicted molar refractivity (Wildman–Crippen MR) is 62.2 cm³/mol. The predicted octanol–water partition coefficient (Wildman–Crippen LogP) is 3.41. The topological polar surface area (TPSA) is 17.1 Å². The summed E-state index contributed by atoms with van der Waals surface area (Å²) >= 11 is 0. The lowest BCUT2D eigenvalue weighted by Crippen LogP contribution is -2.40. The molecule has 2 rings (SSSR count). The summed E-state index contributed by atoms with van der Waals surface area (Å²) in [5.74, 6) is -3.09. The number of carbonyl (C=O) groups is 1. The summed E-state index contributed by atoms with van der Waals surface area (Å²) in [5.41, 5.74) is 2.14. The van der Waals surface area contributed by atoms with Crippen molar-refractivity contribution in [3.05, 3.63) is 35.4 Å². The van der Waals surface area contributed by atoms with Gasteiger partial charge in [0.1, 0.15) is 5.78 Å². The lowest BCUT2D eigenvalue weighted by Gasteiger charge is -2.33. The molecule has 1 fully saturated rings. The average Bonchev–Trinajstić information content (AvgIpc) is 2.26. The second kappa shape index (κ2) is 4.55.